The van der Waals surface area contributed by atoms with Crippen LogP contribution in [0.5, 0.6) is 5.75 Å². The predicted octanol–water partition coefficient (Wildman–Crippen LogP) is 2.94. The van der Waals surface area contributed by atoms with Crippen LogP contribution < -0.4 is 15.6 Å². The monoisotopic (exact) mass is 312 g/mol. The molecule has 0 aliphatic rings. The SMILES string of the molecule is CCCCOc1ccccc1C(=O)NNC(=O)c1ccccc1. The minimum atomic E-state index is -0.415. The van der Waals surface area contributed by atoms with Gasteiger partial charge in [-0.05, 0) is 30.7 Å². The normalized spacial score (nSPS) is 9.96. The van der Waals surface area contributed by atoms with Gasteiger partial charge in [0.05, 0.1) is 12.2 Å². The predicted molar refractivity (Wildman–Crippen MR) is 88.2 cm³/mol. The van der Waals surface area contributed by atoms with Gasteiger partial charge in [-0.2, -0.15) is 0 Å². The molecule has 2 aromatic carbocycles. The van der Waals surface area contributed by atoms with Gasteiger partial charge in [0.2, 0.25) is 0 Å². The van der Waals surface area contributed by atoms with Crippen molar-refractivity contribution in [3.8, 4) is 5.75 Å². The largest absolute Gasteiger partial charge is 0.493 e. The molecule has 5 heteroatoms. The average Bonchev–Trinajstić information content (AvgIpc) is 2.61. The van der Waals surface area contributed by atoms with Crippen LogP contribution in [0.4, 0.5) is 0 Å². The maximum absolute atomic E-state index is 12.2. The Morgan fingerprint density at radius 2 is 1.57 bits per heavy atom. The van der Waals surface area contributed by atoms with Crippen molar-refractivity contribution in [1.29, 1.82) is 0 Å². The molecule has 0 aliphatic heterocycles. The van der Waals surface area contributed by atoms with Crippen LogP contribution in [0.25, 0.3) is 0 Å². The van der Waals surface area contributed by atoms with Gasteiger partial charge < -0.3 is 4.74 Å². The summed E-state index contributed by atoms with van der Waals surface area (Å²) in [4.78, 5) is 24.1. The van der Waals surface area contributed by atoms with E-state index in [0.717, 1.165) is 12.8 Å². The lowest BCUT2D eigenvalue weighted by atomic mass is 10.2. The van der Waals surface area contributed by atoms with E-state index in [9.17, 15) is 9.59 Å². The summed E-state index contributed by atoms with van der Waals surface area (Å²) in [7, 11) is 0. The van der Waals surface area contributed by atoms with E-state index in [0.29, 0.717) is 23.5 Å². The standard InChI is InChI=1S/C18H20N2O3/c1-2-3-13-23-16-12-8-7-11-15(16)18(22)20-19-17(21)14-9-5-4-6-10-14/h4-12H,2-3,13H2,1H3,(H,19,21)(H,20,22). The summed E-state index contributed by atoms with van der Waals surface area (Å²) < 4.78 is 5.62. The number of para-hydroxylation sites is 1. The number of unbranched alkanes of at least 4 members (excludes halogenated alkanes) is 1. The molecule has 2 aromatic rings. The molecule has 120 valence electrons. The molecule has 5 nitrogen and oxygen atoms in total. The molecule has 2 N–H and O–H groups in total. The quantitative estimate of drug-likeness (QED) is 0.636. The van der Waals surface area contributed by atoms with Gasteiger partial charge in [0, 0.05) is 5.56 Å². The van der Waals surface area contributed by atoms with Crippen molar-refractivity contribution in [3.63, 3.8) is 0 Å². The van der Waals surface area contributed by atoms with E-state index in [1.807, 2.05) is 6.07 Å². The second-order valence-corrected chi connectivity index (χ2v) is 4.97. The lowest BCUT2D eigenvalue weighted by Crippen LogP contribution is -2.41. The third kappa shape index (κ3) is 4.85. The van der Waals surface area contributed by atoms with Crippen LogP contribution in [-0.4, -0.2) is 18.4 Å². The maximum atomic E-state index is 12.2. The van der Waals surface area contributed by atoms with E-state index in [-0.39, 0.29) is 5.91 Å². The van der Waals surface area contributed by atoms with Crippen LogP contribution in [0.15, 0.2) is 54.6 Å². The maximum Gasteiger partial charge on any atom is 0.273 e. The van der Waals surface area contributed by atoms with Gasteiger partial charge >= 0.3 is 0 Å². The summed E-state index contributed by atoms with van der Waals surface area (Å²) in [5.41, 5.74) is 5.67. The highest BCUT2D eigenvalue weighted by molar-refractivity contribution is 6.00. The molecule has 0 atom stereocenters. The first-order valence-electron chi connectivity index (χ1n) is 7.60. The van der Waals surface area contributed by atoms with E-state index < -0.39 is 5.91 Å². The molecule has 23 heavy (non-hydrogen) atoms. The van der Waals surface area contributed by atoms with Gasteiger partial charge in [0.25, 0.3) is 11.8 Å². The fourth-order valence-electron chi connectivity index (χ4n) is 1.95. The third-order valence-electron chi connectivity index (χ3n) is 3.21. The van der Waals surface area contributed by atoms with Gasteiger partial charge in [0.1, 0.15) is 5.75 Å². The van der Waals surface area contributed by atoms with Gasteiger partial charge in [-0.1, -0.05) is 43.7 Å². The number of carbonyl (C=O) groups is 2. The average molecular weight is 312 g/mol. The Balaban J connectivity index is 1.96. The summed E-state index contributed by atoms with van der Waals surface area (Å²) in [6.07, 6.45) is 1.93. The van der Waals surface area contributed by atoms with E-state index >= 15 is 0 Å². The second-order valence-electron chi connectivity index (χ2n) is 4.97. The third-order valence-corrected chi connectivity index (χ3v) is 3.21. The number of amides is 2. The molecule has 0 aromatic heterocycles. The number of hydrogen-bond donors (Lipinski definition) is 2. The minimum absolute atomic E-state index is 0.372. The van der Waals surface area contributed by atoms with Crippen molar-refractivity contribution >= 4 is 11.8 Å². The van der Waals surface area contributed by atoms with Crippen LogP contribution >= 0.6 is 0 Å². The van der Waals surface area contributed by atoms with E-state index in [4.69, 9.17) is 4.74 Å². The Labute approximate surface area is 135 Å². The van der Waals surface area contributed by atoms with Gasteiger partial charge in [-0.3, -0.25) is 20.4 Å². The van der Waals surface area contributed by atoms with E-state index in [2.05, 4.69) is 17.8 Å². The number of hydrazine groups is 1. The number of nitrogens with one attached hydrogen (secondary N) is 2. The number of ether oxygens (including phenoxy) is 1. The highest BCUT2D eigenvalue weighted by atomic mass is 16.5. The van der Waals surface area contributed by atoms with Crippen molar-refractivity contribution in [1.82, 2.24) is 10.9 Å². The molecule has 0 saturated carbocycles. The molecule has 0 radical (unpaired) electrons. The Kier molecular flexibility index (Phi) is 6.17. The second kappa shape index (κ2) is 8.58. The summed E-state index contributed by atoms with van der Waals surface area (Å²) >= 11 is 0. The van der Waals surface area contributed by atoms with Crippen molar-refractivity contribution in [3.05, 3.63) is 65.7 Å². The first kappa shape index (κ1) is 16.5. The van der Waals surface area contributed by atoms with Crippen molar-refractivity contribution in [2.75, 3.05) is 6.61 Å². The summed E-state index contributed by atoms with van der Waals surface area (Å²) in [6.45, 7) is 2.62. The van der Waals surface area contributed by atoms with Crippen molar-refractivity contribution in [2.45, 2.75) is 19.8 Å². The fraction of sp³-hybridized carbons (Fsp3) is 0.222. The highest BCUT2D eigenvalue weighted by Crippen LogP contribution is 2.18. The molecule has 2 rings (SSSR count). The molecule has 0 bridgehead atoms. The van der Waals surface area contributed by atoms with E-state index in [1.165, 1.54) is 0 Å². The molecule has 0 saturated heterocycles. The Morgan fingerprint density at radius 1 is 0.913 bits per heavy atom. The van der Waals surface area contributed by atoms with Crippen LogP contribution in [0.1, 0.15) is 40.5 Å². The summed E-state index contributed by atoms with van der Waals surface area (Å²) in [5.74, 6) is -0.280. The topological polar surface area (TPSA) is 67.4 Å². The fourth-order valence-corrected chi connectivity index (χ4v) is 1.95. The van der Waals surface area contributed by atoms with Crippen LogP contribution in [-0.2, 0) is 0 Å². The number of carbonyl (C=O) groups excluding carboxylic acids is 2. The molecule has 0 unspecified atom stereocenters. The minimum Gasteiger partial charge on any atom is -0.493 e. The molecule has 0 fully saturated rings. The lowest BCUT2D eigenvalue weighted by Gasteiger charge is -2.12. The number of hydrogen-bond acceptors (Lipinski definition) is 3. The first-order chi connectivity index (χ1) is 11.2. The molecule has 0 aliphatic carbocycles. The zero-order valence-electron chi connectivity index (χ0n) is 13.0. The van der Waals surface area contributed by atoms with E-state index in [1.54, 1.807) is 48.5 Å². The van der Waals surface area contributed by atoms with Gasteiger partial charge in [-0.25, -0.2) is 0 Å². The molecule has 0 spiro atoms. The van der Waals surface area contributed by atoms with Crippen LogP contribution in [0.3, 0.4) is 0 Å². The van der Waals surface area contributed by atoms with Gasteiger partial charge in [-0.15, -0.1) is 0 Å². The highest BCUT2D eigenvalue weighted by Gasteiger charge is 2.13. The summed E-state index contributed by atoms with van der Waals surface area (Å²) in [6, 6.07) is 15.6. The lowest BCUT2D eigenvalue weighted by molar-refractivity contribution is 0.0844. The zero-order valence-corrected chi connectivity index (χ0v) is 13.0. The number of rotatable bonds is 6. The van der Waals surface area contributed by atoms with Crippen LogP contribution in [0, 0.1) is 0 Å². The Morgan fingerprint density at radius 3 is 2.30 bits per heavy atom. The van der Waals surface area contributed by atoms with Crippen molar-refractivity contribution in [2.24, 2.45) is 0 Å². The number of benzene rings is 2. The van der Waals surface area contributed by atoms with Gasteiger partial charge in [0.15, 0.2) is 0 Å². The Bertz CT molecular complexity index is 656. The smallest absolute Gasteiger partial charge is 0.273 e. The zero-order chi connectivity index (χ0) is 16.5. The molecular weight excluding hydrogens is 292 g/mol. The molecular formula is C18H20N2O3. The summed E-state index contributed by atoms with van der Waals surface area (Å²) in [5, 5.41) is 0. The van der Waals surface area contributed by atoms with Crippen molar-refractivity contribution < 1.29 is 14.3 Å². The molecule has 2 amide bonds. The Hall–Kier alpha value is -2.82. The molecule has 0 heterocycles. The first-order valence-corrected chi connectivity index (χ1v) is 7.60. The van der Waals surface area contributed by atoms with Crippen LogP contribution in [0.2, 0.25) is 0 Å².